The second-order valence-corrected chi connectivity index (χ2v) is 5.35. The molecule has 1 aliphatic heterocycles. The standard InChI is InChI=1S/C12H14BrClN2O4/c13-10-2-1-9(20-10)11(17)15-4-6-16(7-5-15)12(18)19-8-3-14/h1-2H,3-8H2. The lowest BCUT2D eigenvalue weighted by atomic mass is 10.3. The van der Waals surface area contributed by atoms with Gasteiger partial charge in [0.25, 0.3) is 5.91 Å². The predicted molar refractivity (Wildman–Crippen MR) is 76.0 cm³/mol. The normalized spacial score (nSPS) is 15.3. The molecule has 110 valence electrons. The molecule has 0 atom stereocenters. The van der Waals surface area contributed by atoms with E-state index in [9.17, 15) is 9.59 Å². The van der Waals surface area contributed by atoms with E-state index < -0.39 is 6.09 Å². The first-order valence-corrected chi connectivity index (χ1v) is 7.47. The summed E-state index contributed by atoms with van der Waals surface area (Å²) in [6.45, 7) is 1.98. The number of piperazine rings is 1. The van der Waals surface area contributed by atoms with E-state index in [1.807, 2.05) is 0 Å². The van der Waals surface area contributed by atoms with Crippen molar-refractivity contribution in [3.63, 3.8) is 0 Å². The maximum atomic E-state index is 12.1. The van der Waals surface area contributed by atoms with Crippen LogP contribution in [0.3, 0.4) is 0 Å². The van der Waals surface area contributed by atoms with Crippen molar-refractivity contribution in [3.8, 4) is 0 Å². The SMILES string of the molecule is O=C(OCCCl)N1CCN(C(=O)c2ccc(Br)o2)CC1. The van der Waals surface area contributed by atoms with Crippen LogP contribution in [0.5, 0.6) is 0 Å². The number of amides is 2. The van der Waals surface area contributed by atoms with Crippen molar-refractivity contribution in [1.82, 2.24) is 9.80 Å². The molecule has 0 spiro atoms. The van der Waals surface area contributed by atoms with E-state index in [0.717, 1.165) is 0 Å². The number of furan rings is 1. The van der Waals surface area contributed by atoms with Crippen molar-refractivity contribution in [2.75, 3.05) is 38.7 Å². The summed E-state index contributed by atoms with van der Waals surface area (Å²) in [6.07, 6.45) is -0.390. The Hall–Kier alpha value is -1.21. The largest absolute Gasteiger partial charge is 0.448 e. The average molecular weight is 366 g/mol. The Kier molecular flexibility index (Phi) is 5.31. The van der Waals surface area contributed by atoms with Gasteiger partial charge in [0.2, 0.25) is 0 Å². The Morgan fingerprint density at radius 3 is 2.45 bits per heavy atom. The van der Waals surface area contributed by atoms with Gasteiger partial charge in [0.15, 0.2) is 10.4 Å². The van der Waals surface area contributed by atoms with Crippen molar-refractivity contribution in [1.29, 1.82) is 0 Å². The highest BCUT2D eigenvalue weighted by atomic mass is 79.9. The van der Waals surface area contributed by atoms with Gasteiger partial charge >= 0.3 is 6.09 Å². The number of rotatable bonds is 3. The molecular weight excluding hydrogens is 351 g/mol. The average Bonchev–Trinajstić information content (AvgIpc) is 2.90. The first-order chi connectivity index (χ1) is 9.61. The Balaban J connectivity index is 1.85. The van der Waals surface area contributed by atoms with Gasteiger partial charge in [-0.25, -0.2) is 4.79 Å². The molecule has 0 bridgehead atoms. The van der Waals surface area contributed by atoms with Crippen LogP contribution < -0.4 is 0 Å². The molecule has 0 N–H and O–H groups in total. The molecule has 0 aliphatic carbocycles. The lowest BCUT2D eigenvalue weighted by Crippen LogP contribution is -2.50. The molecule has 1 fully saturated rings. The maximum Gasteiger partial charge on any atom is 0.409 e. The zero-order valence-corrected chi connectivity index (χ0v) is 13.0. The maximum absolute atomic E-state index is 12.1. The number of hydrogen-bond acceptors (Lipinski definition) is 4. The first kappa shape index (κ1) is 15.2. The molecule has 2 rings (SSSR count). The van der Waals surface area contributed by atoms with E-state index in [-0.39, 0.29) is 24.2 Å². The molecule has 8 heteroatoms. The molecular formula is C12H14BrClN2O4. The zero-order chi connectivity index (χ0) is 14.5. The van der Waals surface area contributed by atoms with Gasteiger partial charge in [0, 0.05) is 26.2 Å². The summed E-state index contributed by atoms with van der Waals surface area (Å²) in [4.78, 5) is 27.0. The fourth-order valence-corrected chi connectivity index (χ4v) is 2.28. The summed E-state index contributed by atoms with van der Waals surface area (Å²) in [6, 6.07) is 3.29. The summed E-state index contributed by atoms with van der Waals surface area (Å²) < 4.78 is 10.7. The van der Waals surface area contributed by atoms with Crippen LogP contribution in [-0.2, 0) is 4.74 Å². The molecule has 1 saturated heterocycles. The van der Waals surface area contributed by atoms with E-state index in [2.05, 4.69) is 15.9 Å². The van der Waals surface area contributed by atoms with Gasteiger partial charge in [0.1, 0.15) is 6.61 Å². The fourth-order valence-electron chi connectivity index (χ4n) is 1.89. The van der Waals surface area contributed by atoms with Crippen LogP contribution in [0, 0.1) is 0 Å². The summed E-state index contributed by atoms with van der Waals surface area (Å²) in [5.41, 5.74) is 0. The molecule has 0 unspecified atom stereocenters. The van der Waals surface area contributed by atoms with Crippen molar-refractivity contribution in [2.24, 2.45) is 0 Å². The van der Waals surface area contributed by atoms with Crippen molar-refractivity contribution in [3.05, 3.63) is 22.6 Å². The fraction of sp³-hybridized carbons (Fsp3) is 0.500. The molecule has 1 aliphatic rings. The van der Waals surface area contributed by atoms with E-state index in [1.165, 1.54) is 0 Å². The van der Waals surface area contributed by atoms with Crippen LogP contribution in [0.2, 0.25) is 0 Å². The number of halogens is 2. The number of carbonyl (C=O) groups is 2. The van der Waals surface area contributed by atoms with Gasteiger partial charge in [-0.2, -0.15) is 0 Å². The molecule has 2 amide bonds. The molecule has 0 radical (unpaired) electrons. The Labute approximate surface area is 129 Å². The summed E-state index contributed by atoms with van der Waals surface area (Å²) in [7, 11) is 0. The van der Waals surface area contributed by atoms with E-state index >= 15 is 0 Å². The Bertz CT molecular complexity index is 486. The van der Waals surface area contributed by atoms with Gasteiger partial charge < -0.3 is 19.0 Å². The molecule has 6 nitrogen and oxygen atoms in total. The molecule has 0 aromatic carbocycles. The number of hydrogen-bond donors (Lipinski definition) is 0. The van der Waals surface area contributed by atoms with Gasteiger partial charge in [-0.05, 0) is 28.1 Å². The van der Waals surface area contributed by atoms with Crippen LogP contribution in [0.25, 0.3) is 0 Å². The highest BCUT2D eigenvalue weighted by Gasteiger charge is 2.26. The third-order valence-corrected chi connectivity index (χ3v) is 3.49. The second-order valence-electron chi connectivity index (χ2n) is 4.19. The van der Waals surface area contributed by atoms with Gasteiger partial charge in [-0.15, -0.1) is 11.6 Å². The first-order valence-electron chi connectivity index (χ1n) is 6.14. The molecule has 1 aromatic rings. The predicted octanol–water partition coefficient (Wildman–Crippen LogP) is 2.18. The minimum absolute atomic E-state index is 0.176. The third kappa shape index (κ3) is 3.67. The molecule has 0 saturated carbocycles. The number of nitrogens with zero attached hydrogens (tertiary/aromatic N) is 2. The monoisotopic (exact) mass is 364 g/mol. The molecule has 20 heavy (non-hydrogen) atoms. The lowest BCUT2D eigenvalue weighted by Gasteiger charge is -2.33. The number of ether oxygens (including phenoxy) is 1. The van der Waals surface area contributed by atoms with Crippen LogP contribution in [0.15, 0.2) is 21.2 Å². The highest BCUT2D eigenvalue weighted by Crippen LogP contribution is 2.16. The van der Waals surface area contributed by atoms with Gasteiger partial charge in [0.05, 0.1) is 5.88 Å². The number of carbonyl (C=O) groups excluding carboxylic acids is 2. The van der Waals surface area contributed by atoms with E-state index in [0.29, 0.717) is 30.8 Å². The smallest absolute Gasteiger partial charge is 0.409 e. The lowest BCUT2D eigenvalue weighted by molar-refractivity contribution is 0.0546. The van der Waals surface area contributed by atoms with Crippen molar-refractivity contribution in [2.45, 2.75) is 0 Å². The molecule has 2 heterocycles. The van der Waals surface area contributed by atoms with E-state index in [1.54, 1.807) is 21.9 Å². The quantitative estimate of drug-likeness (QED) is 0.770. The van der Waals surface area contributed by atoms with Gasteiger partial charge in [-0.1, -0.05) is 0 Å². The summed E-state index contributed by atoms with van der Waals surface area (Å²) in [5, 5.41) is 0. The minimum Gasteiger partial charge on any atom is -0.448 e. The zero-order valence-electron chi connectivity index (χ0n) is 10.7. The molecule has 1 aromatic heterocycles. The van der Waals surface area contributed by atoms with Crippen LogP contribution in [0.1, 0.15) is 10.6 Å². The summed E-state index contributed by atoms with van der Waals surface area (Å²) in [5.74, 6) is 0.386. The van der Waals surface area contributed by atoms with Crippen LogP contribution in [0.4, 0.5) is 4.79 Å². The summed E-state index contributed by atoms with van der Waals surface area (Å²) >= 11 is 8.62. The minimum atomic E-state index is -0.390. The van der Waals surface area contributed by atoms with Gasteiger partial charge in [-0.3, -0.25) is 4.79 Å². The van der Waals surface area contributed by atoms with Crippen LogP contribution >= 0.6 is 27.5 Å². The number of alkyl halides is 1. The van der Waals surface area contributed by atoms with Crippen molar-refractivity contribution >= 4 is 39.5 Å². The Morgan fingerprint density at radius 1 is 1.25 bits per heavy atom. The van der Waals surface area contributed by atoms with E-state index in [4.69, 9.17) is 20.8 Å². The van der Waals surface area contributed by atoms with Crippen LogP contribution in [-0.4, -0.2) is 60.5 Å². The second kappa shape index (κ2) is 6.99. The highest BCUT2D eigenvalue weighted by molar-refractivity contribution is 9.10. The topological polar surface area (TPSA) is 63.0 Å². The Morgan fingerprint density at radius 2 is 1.90 bits per heavy atom. The van der Waals surface area contributed by atoms with Crippen molar-refractivity contribution < 1.29 is 18.7 Å². The third-order valence-electron chi connectivity index (χ3n) is 2.91.